The van der Waals surface area contributed by atoms with Crippen molar-refractivity contribution in [1.29, 1.82) is 0 Å². The number of nitrogens with zero attached hydrogens (tertiary/aromatic N) is 3. The van der Waals surface area contributed by atoms with Gasteiger partial charge in [0.25, 0.3) is 0 Å². The lowest BCUT2D eigenvalue weighted by Crippen LogP contribution is -2.06. The molecule has 3 rings (SSSR count). The number of methoxy groups -OCH3 is 1. The summed E-state index contributed by atoms with van der Waals surface area (Å²) in [4.78, 5) is 16.0. The first-order valence-electron chi connectivity index (χ1n) is 5.98. The minimum atomic E-state index is -0.568. The first-order valence-corrected chi connectivity index (χ1v) is 5.98. The number of carbonyl (C=O) groups excluding carboxylic acids is 1. The van der Waals surface area contributed by atoms with Crippen LogP contribution in [0.15, 0.2) is 42.6 Å². The number of hydrogen-bond donors (Lipinski definition) is 1. The van der Waals surface area contributed by atoms with Crippen LogP contribution in [0.3, 0.4) is 0 Å². The number of ether oxygens (including phenoxy) is 1. The highest BCUT2D eigenvalue weighted by molar-refractivity contribution is 5.92. The van der Waals surface area contributed by atoms with E-state index < -0.39 is 5.97 Å². The molecule has 6 nitrogen and oxygen atoms in total. The van der Waals surface area contributed by atoms with Crippen LogP contribution in [0.4, 0.5) is 5.69 Å². The molecule has 0 radical (unpaired) electrons. The van der Waals surface area contributed by atoms with Crippen LogP contribution in [0, 0.1) is 0 Å². The SMILES string of the molecule is COC(=O)c1nn(-c2ccc3ccccc3n2)cc1N. The molecule has 2 heterocycles. The average Bonchev–Trinajstić information content (AvgIpc) is 2.88. The number of benzene rings is 1. The third-order valence-electron chi connectivity index (χ3n) is 2.94. The second-order valence-electron chi connectivity index (χ2n) is 4.23. The molecule has 0 unspecified atom stereocenters. The van der Waals surface area contributed by atoms with Crippen molar-refractivity contribution in [3.8, 4) is 5.82 Å². The van der Waals surface area contributed by atoms with Crippen molar-refractivity contribution in [2.75, 3.05) is 12.8 Å². The van der Waals surface area contributed by atoms with Crippen molar-refractivity contribution < 1.29 is 9.53 Å². The molecular formula is C14H12N4O2. The highest BCUT2D eigenvalue weighted by Crippen LogP contribution is 2.17. The van der Waals surface area contributed by atoms with Crippen molar-refractivity contribution in [2.24, 2.45) is 0 Å². The van der Waals surface area contributed by atoms with Gasteiger partial charge in [-0.1, -0.05) is 18.2 Å². The van der Waals surface area contributed by atoms with Gasteiger partial charge >= 0.3 is 5.97 Å². The van der Waals surface area contributed by atoms with Crippen molar-refractivity contribution in [3.63, 3.8) is 0 Å². The highest BCUT2D eigenvalue weighted by atomic mass is 16.5. The van der Waals surface area contributed by atoms with Gasteiger partial charge in [-0.3, -0.25) is 0 Å². The number of pyridine rings is 1. The normalized spacial score (nSPS) is 10.7. The quantitative estimate of drug-likeness (QED) is 0.716. The van der Waals surface area contributed by atoms with Crippen LogP contribution < -0.4 is 5.73 Å². The smallest absolute Gasteiger partial charge is 0.360 e. The van der Waals surface area contributed by atoms with Gasteiger partial charge in [-0.05, 0) is 18.2 Å². The van der Waals surface area contributed by atoms with Crippen molar-refractivity contribution >= 4 is 22.6 Å². The van der Waals surface area contributed by atoms with Crippen LogP contribution in [0.2, 0.25) is 0 Å². The monoisotopic (exact) mass is 268 g/mol. The molecule has 0 bridgehead atoms. The molecule has 0 aliphatic carbocycles. The molecule has 2 N–H and O–H groups in total. The Balaban J connectivity index is 2.09. The zero-order valence-corrected chi connectivity index (χ0v) is 10.8. The maximum absolute atomic E-state index is 11.5. The summed E-state index contributed by atoms with van der Waals surface area (Å²) in [6.07, 6.45) is 1.54. The minimum absolute atomic E-state index is 0.0856. The number of esters is 1. The van der Waals surface area contributed by atoms with Gasteiger partial charge in [0.1, 0.15) is 0 Å². The molecule has 1 aromatic carbocycles. The molecule has 0 saturated heterocycles. The van der Waals surface area contributed by atoms with Gasteiger partial charge in [0.2, 0.25) is 0 Å². The van der Waals surface area contributed by atoms with E-state index >= 15 is 0 Å². The number of carbonyl (C=O) groups is 1. The summed E-state index contributed by atoms with van der Waals surface area (Å²) in [5, 5.41) is 5.14. The molecule has 0 aliphatic heterocycles. The summed E-state index contributed by atoms with van der Waals surface area (Å²) in [7, 11) is 1.29. The number of nitrogens with two attached hydrogens (primary N) is 1. The molecule has 6 heteroatoms. The molecule has 2 aromatic heterocycles. The van der Waals surface area contributed by atoms with E-state index in [1.54, 1.807) is 6.20 Å². The Morgan fingerprint density at radius 1 is 1.25 bits per heavy atom. The van der Waals surface area contributed by atoms with E-state index in [4.69, 9.17) is 5.73 Å². The number of anilines is 1. The number of aromatic nitrogens is 3. The van der Waals surface area contributed by atoms with E-state index in [1.807, 2.05) is 36.4 Å². The number of fused-ring (bicyclic) bond motifs is 1. The third-order valence-corrected chi connectivity index (χ3v) is 2.94. The molecule has 0 fully saturated rings. The first kappa shape index (κ1) is 12.2. The number of hydrogen-bond acceptors (Lipinski definition) is 5. The zero-order valence-electron chi connectivity index (χ0n) is 10.8. The van der Waals surface area contributed by atoms with Crippen LogP contribution in [0.25, 0.3) is 16.7 Å². The molecule has 0 saturated carbocycles. The molecular weight excluding hydrogens is 256 g/mol. The third kappa shape index (κ3) is 1.97. The number of rotatable bonds is 2. The van der Waals surface area contributed by atoms with Crippen LogP contribution in [-0.4, -0.2) is 27.8 Å². The van der Waals surface area contributed by atoms with E-state index in [1.165, 1.54) is 11.8 Å². The Morgan fingerprint density at radius 2 is 2.05 bits per heavy atom. The average molecular weight is 268 g/mol. The highest BCUT2D eigenvalue weighted by Gasteiger charge is 2.16. The van der Waals surface area contributed by atoms with E-state index in [9.17, 15) is 4.79 Å². The van der Waals surface area contributed by atoms with E-state index in [2.05, 4.69) is 14.8 Å². The lowest BCUT2D eigenvalue weighted by Gasteiger charge is -2.02. The molecule has 20 heavy (non-hydrogen) atoms. The van der Waals surface area contributed by atoms with Crippen molar-refractivity contribution in [3.05, 3.63) is 48.3 Å². The van der Waals surface area contributed by atoms with E-state index in [0.29, 0.717) is 5.82 Å². The van der Waals surface area contributed by atoms with Crippen LogP contribution in [0.5, 0.6) is 0 Å². The van der Waals surface area contributed by atoms with Crippen molar-refractivity contribution in [2.45, 2.75) is 0 Å². The second kappa shape index (κ2) is 4.65. The van der Waals surface area contributed by atoms with Gasteiger partial charge in [-0.2, -0.15) is 5.10 Å². The van der Waals surface area contributed by atoms with Gasteiger partial charge in [0, 0.05) is 5.39 Å². The Kier molecular flexibility index (Phi) is 2.83. The predicted octanol–water partition coefficient (Wildman–Crippen LogP) is 1.79. The summed E-state index contributed by atoms with van der Waals surface area (Å²) in [6.45, 7) is 0. The lowest BCUT2D eigenvalue weighted by atomic mass is 10.2. The fourth-order valence-electron chi connectivity index (χ4n) is 1.94. The summed E-state index contributed by atoms with van der Waals surface area (Å²) >= 11 is 0. The van der Waals surface area contributed by atoms with Gasteiger partial charge in [-0.25, -0.2) is 14.5 Å². The standard InChI is InChI=1S/C14H12N4O2/c1-20-14(19)13-10(15)8-18(17-13)12-7-6-9-4-2-3-5-11(9)16-12/h2-8H,15H2,1H3. The summed E-state index contributed by atoms with van der Waals surface area (Å²) in [5.74, 6) is 0.0209. The fraction of sp³-hybridized carbons (Fsp3) is 0.0714. The molecule has 0 amide bonds. The number of para-hydroxylation sites is 1. The molecule has 0 aliphatic rings. The largest absolute Gasteiger partial charge is 0.464 e. The van der Waals surface area contributed by atoms with Gasteiger partial charge in [-0.15, -0.1) is 0 Å². The fourth-order valence-corrected chi connectivity index (χ4v) is 1.94. The van der Waals surface area contributed by atoms with Gasteiger partial charge in [0.15, 0.2) is 11.5 Å². The maximum atomic E-state index is 11.5. The van der Waals surface area contributed by atoms with Crippen molar-refractivity contribution in [1.82, 2.24) is 14.8 Å². The second-order valence-corrected chi connectivity index (χ2v) is 4.23. The number of nitrogen functional groups attached to an aromatic ring is 1. The van der Waals surface area contributed by atoms with E-state index in [0.717, 1.165) is 10.9 Å². The molecule has 0 spiro atoms. The first-order chi connectivity index (χ1) is 9.69. The lowest BCUT2D eigenvalue weighted by molar-refractivity contribution is 0.0594. The predicted molar refractivity (Wildman–Crippen MR) is 74.6 cm³/mol. The van der Waals surface area contributed by atoms with Gasteiger partial charge in [0.05, 0.1) is 24.5 Å². The van der Waals surface area contributed by atoms with E-state index in [-0.39, 0.29) is 11.4 Å². The molecule has 100 valence electrons. The van der Waals surface area contributed by atoms with Crippen LogP contribution >= 0.6 is 0 Å². The summed E-state index contributed by atoms with van der Waals surface area (Å²) in [6, 6.07) is 11.5. The molecule has 3 aromatic rings. The molecule has 0 atom stereocenters. The summed E-state index contributed by atoms with van der Waals surface area (Å²) < 4.78 is 6.09. The zero-order chi connectivity index (χ0) is 14.1. The Hall–Kier alpha value is -2.89. The Bertz CT molecular complexity index is 795. The van der Waals surface area contributed by atoms with Crippen LogP contribution in [0.1, 0.15) is 10.5 Å². The topological polar surface area (TPSA) is 83.0 Å². The Labute approximate surface area is 114 Å². The van der Waals surface area contributed by atoms with Gasteiger partial charge < -0.3 is 10.5 Å². The maximum Gasteiger partial charge on any atom is 0.360 e. The Morgan fingerprint density at radius 3 is 2.85 bits per heavy atom. The van der Waals surface area contributed by atoms with Crippen LogP contribution in [-0.2, 0) is 4.74 Å². The summed E-state index contributed by atoms with van der Waals surface area (Å²) in [5.41, 5.74) is 6.94. The minimum Gasteiger partial charge on any atom is -0.464 e.